The van der Waals surface area contributed by atoms with Crippen LogP contribution in [-0.4, -0.2) is 50.9 Å². The Balaban J connectivity index is 1.39. The molecule has 0 unspecified atom stereocenters. The molecule has 3 aliphatic rings. The summed E-state index contributed by atoms with van der Waals surface area (Å²) in [6.45, 7) is 1.42. The van der Waals surface area contributed by atoms with Gasteiger partial charge in [0.05, 0.1) is 26.0 Å². The second-order valence-electron chi connectivity index (χ2n) is 8.26. The SMILES string of the molecule is CN(C(=O)/C(C=NCC1OCC2(CC2)CO1)=N/N)c1c(F)cc(C#CC2CC2)cc1F. The maximum Gasteiger partial charge on any atom is 0.280 e. The van der Waals surface area contributed by atoms with Gasteiger partial charge in [-0.25, -0.2) is 8.78 Å². The van der Waals surface area contributed by atoms with Gasteiger partial charge in [-0.3, -0.25) is 9.79 Å². The Kier molecular flexibility index (Phi) is 6.03. The summed E-state index contributed by atoms with van der Waals surface area (Å²) in [5.41, 5.74) is -0.365. The average Bonchev–Trinajstić information content (AvgIpc) is 3.68. The lowest BCUT2D eigenvalue weighted by Gasteiger charge is -2.28. The molecule has 1 spiro atoms. The number of carbonyl (C=O) groups is 1. The van der Waals surface area contributed by atoms with Crippen LogP contribution in [0.4, 0.5) is 14.5 Å². The monoisotopic (exact) mass is 430 g/mol. The number of halogens is 2. The lowest BCUT2D eigenvalue weighted by Crippen LogP contribution is -2.37. The summed E-state index contributed by atoms with van der Waals surface area (Å²) >= 11 is 0. The van der Waals surface area contributed by atoms with Gasteiger partial charge in [-0.2, -0.15) is 5.10 Å². The van der Waals surface area contributed by atoms with Crippen molar-refractivity contribution in [1.29, 1.82) is 0 Å². The van der Waals surface area contributed by atoms with Crippen LogP contribution in [0.25, 0.3) is 0 Å². The second-order valence-corrected chi connectivity index (χ2v) is 8.26. The molecule has 9 heteroatoms. The number of aliphatic imine (C=N–C) groups is 1. The van der Waals surface area contributed by atoms with E-state index < -0.39 is 29.5 Å². The van der Waals surface area contributed by atoms with Crippen LogP contribution in [-0.2, 0) is 14.3 Å². The minimum atomic E-state index is -0.901. The predicted octanol–water partition coefficient (Wildman–Crippen LogP) is 2.23. The molecule has 0 aromatic heterocycles. The van der Waals surface area contributed by atoms with E-state index in [2.05, 4.69) is 21.9 Å². The fourth-order valence-corrected chi connectivity index (χ4v) is 3.21. The van der Waals surface area contributed by atoms with Crippen molar-refractivity contribution < 1.29 is 23.0 Å². The first kappa shape index (κ1) is 21.4. The van der Waals surface area contributed by atoms with Crippen molar-refractivity contribution in [2.45, 2.75) is 32.0 Å². The quantitative estimate of drug-likeness (QED) is 0.336. The summed E-state index contributed by atoms with van der Waals surface area (Å²) in [6.07, 6.45) is 4.88. The molecule has 0 radical (unpaired) electrons. The highest BCUT2D eigenvalue weighted by Crippen LogP contribution is 2.48. The molecule has 0 atom stereocenters. The molecule has 164 valence electrons. The number of nitrogens with two attached hydrogens (primary N) is 1. The molecule has 4 rings (SSSR count). The molecule has 2 aliphatic carbocycles. The number of hydrazone groups is 1. The maximum absolute atomic E-state index is 14.6. The van der Waals surface area contributed by atoms with Gasteiger partial charge in [-0.05, 0) is 37.8 Å². The minimum absolute atomic E-state index is 0.156. The smallest absolute Gasteiger partial charge is 0.280 e. The molecule has 7 nitrogen and oxygen atoms in total. The Labute approximate surface area is 179 Å². The van der Waals surface area contributed by atoms with Crippen molar-refractivity contribution in [2.75, 3.05) is 31.7 Å². The van der Waals surface area contributed by atoms with E-state index in [1.807, 2.05) is 0 Å². The van der Waals surface area contributed by atoms with E-state index in [9.17, 15) is 13.6 Å². The molecule has 0 bridgehead atoms. The van der Waals surface area contributed by atoms with Crippen molar-refractivity contribution in [3.05, 3.63) is 29.3 Å². The van der Waals surface area contributed by atoms with E-state index in [1.54, 1.807) is 0 Å². The van der Waals surface area contributed by atoms with Crippen LogP contribution in [0.1, 0.15) is 31.2 Å². The second kappa shape index (κ2) is 8.73. The van der Waals surface area contributed by atoms with E-state index in [0.717, 1.165) is 48.9 Å². The highest BCUT2D eigenvalue weighted by molar-refractivity contribution is 6.63. The lowest BCUT2D eigenvalue weighted by molar-refractivity contribution is -0.201. The third-order valence-corrected chi connectivity index (χ3v) is 5.59. The molecular formula is C22H24F2N4O3. The normalized spacial score (nSPS) is 20.5. The van der Waals surface area contributed by atoms with Crippen LogP contribution in [0.2, 0.25) is 0 Å². The van der Waals surface area contributed by atoms with Gasteiger partial charge >= 0.3 is 0 Å². The van der Waals surface area contributed by atoms with Crippen molar-refractivity contribution in [1.82, 2.24) is 0 Å². The van der Waals surface area contributed by atoms with Gasteiger partial charge in [-0.15, -0.1) is 0 Å². The zero-order chi connectivity index (χ0) is 22.0. The maximum atomic E-state index is 14.6. The average molecular weight is 430 g/mol. The Morgan fingerprint density at radius 1 is 1.29 bits per heavy atom. The predicted molar refractivity (Wildman–Crippen MR) is 112 cm³/mol. The first-order valence-corrected chi connectivity index (χ1v) is 10.2. The number of rotatable bonds is 5. The van der Waals surface area contributed by atoms with E-state index in [1.165, 1.54) is 7.05 Å². The van der Waals surface area contributed by atoms with Gasteiger partial charge in [0.2, 0.25) is 0 Å². The van der Waals surface area contributed by atoms with Crippen molar-refractivity contribution in [3.8, 4) is 11.8 Å². The highest BCUT2D eigenvalue weighted by atomic mass is 19.1. The lowest BCUT2D eigenvalue weighted by atomic mass is 10.1. The summed E-state index contributed by atoms with van der Waals surface area (Å²) < 4.78 is 40.3. The molecular weight excluding hydrogens is 406 g/mol. The Bertz CT molecular complexity index is 957. The molecule has 1 aliphatic heterocycles. The summed E-state index contributed by atoms with van der Waals surface area (Å²) in [7, 11) is 1.24. The van der Waals surface area contributed by atoms with E-state index in [4.69, 9.17) is 15.3 Å². The standard InChI is InChI=1S/C22H24F2N4O3/c1-28(20-16(23)8-15(9-17(20)24)5-4-14-2-3-14)21(29)18(27-25)10-26-11-19-30-12-22(6-7-22)13-31-19/h8-10,14,19H,2-3,6-7,11-13,25H2,1H3/b26-10?,27-18+. The number of ether oxygens (including phenoxy) is 2. The van der Waals surface area contributed by atoms with Crippen molar-refractivity contribution in [2.24, 2.45) is 27.3 Å². The largest absolute Gasteiger partial charge is 0.350 e. The molecule has 1 saturated heterocycles. The van der Waals surface area contributed by atoms with Crippen molar-refractivity contribution in [3.63, 3.8) is 0 Å². The molecule has 1 aromatic rings. The minimum Gasteiger partial charge on any atom is -0.350 e. The number of carbonyl (C=O) groups excluding carboxylic acids is 1. The molecule has 1 amide bonds. The highest BCUT2D eigenvalue weighted by Gasteiger charge is 2.46. The van der Waals surface area contributed by atoms with Gasteiger partial charge < -0.3 is 20.2 Å². The fourth-order valence-electron chi connectivity index (χ4n) is 3.21. The first-order valence-electron chi connectivity index (χ1n) is 10.2. The Morgan fingerprint density at radius 2 is 1.94 bits per heavy atom. The molecule has 3 fully saturated rings. The molecule has 2 saturated carbocycles. The molecule has 1 heterocycles. The number of anilines is 1. The molecule has 31 heavy (non-hydrogen) atoms. The number of hydrogen-bond acceptors (Lipinski definition) is 6. The molecule has 2 N–H and O–H groups in total. The van der Waals surface area contributed by atoms with Gasteiger partial charge in [0.25, 0.3) is 5.91 Å². The van der Waals surface area contributed by atoms with Gasteiger partial charge in [0.1, 0.15) is 5.69 Å². The van der Waals surface area contributed by atoms with E-state index in [-0.39, 0.29) is 23.2 Å². The zero-order valence-corrected chi connectivity index (χ0v) is 17.2. The Hall–Kier alpha value is -2.83. The van der Waals surface area contributed by atoms with Gasteiger partial charge in [0, 0.05) is 23.9 Å². The van der Waals surface area contributed by atoms with E-state index in [0.29, 0.717) is 19.1 Å². The van der Waals surface area contributed by atoms with Crippen LogP contribution >= 0.6 is 0 Å². The first-order chi connectivity index (χ1) is 14.9. The number of nitrogens with zero attached hydrogens (tertiary/aromatic N) is 3. The fraction of sp³-hybridized carbons (Fsp3) is 0.500. The van der Waals surface area contributed by atoms with Crippen molar-refractivity contribution >= 4 is 23.5 Å². The zero-order valence-electron chi connectivity index (χ0n) is 17.2. The number of amides is 1. The third kappa shape index (κ3) is 5.09. The number of hydrogen-bond donors (Lipinski definition) is 1. The van der Waals surface area contributed by atoms with Gasteiger partial charge in [-0.1, -0.05) is 11.8 Å². The summed E-state index contributed by atoms with van der Waals surface area (Å²) in [5, 5.41) is 3.41. The topological polar surface area (TPSA) is 89.5 Å². The Morgan fingerprint density at radius 3 is 2.48 bits per heavy atom. The van der Waals surface area contributed by atoms with Crippen LogP contribution in [0.5, 0.6) is 0 Å². The van der Waals surface area contributed by atoms with Crippen LogP contribution < -0.4 is 10.7 Å². The number of benzene rings is 1. The van der Waals surface area contributed by atoms with Crippen LogP contribution in [0.3, 0.4) is 0 Å². The summed E-state index contributed by atoms with van der Waals surface area (Å²) in [4.78, 5) is 17.6. The summed E-state index contributed by atoms with van der Waals surface area (Å²) in [5.74, 6) is 8.72. The van der Waals surface area contributed by atoms with Crippen LogP contribution in [0.15, 0.2) is 22.2 Å². The third-order valence-electron chi connectivity index (χ3n) is 5.59. The van der Waals surface area contributed by atoms with Gasteiger partial charge in [0.15, 0.2) is 23.6 Å². The molecule has 1 aromatic carbocycles. The summed E-state index contributed by atoms with van der Waals surface area (Å²) in [6, 6.07) is 2.21. The van der Waals surface area contributed by atoms with E-state index >= 15 is 0 Å². The van der Waals surface area contributed by atoms with Crippen LogP contribution in [0, 0.1) is 34.8 Å².